The van der Waals surface area contributed by atoms with Gasteiger partial charge in [-0.2, -0.15) is 13.2 Å². The van der Waals surface area contributed by atoms with E-state index in [0.717, 1.165) is 11.6 Å². The smallest absolute Gasteiger partial charge is 0.416 e. The number of hydrogen-bond acceptors (Lipinski definition) is 3. The molecule has 5 nitrogen and oxygen atoms in total. The lowest BCUT2D eigenvalue weighted by molar-refractivity contribution is -0.137. The first-order chi connectivity index (χ1) is 11.4. The van der Waals surface area contributed by atoms with Crippen molar-refractivity contribution in [2.45, 2.75) is 24.9 Å². The maximum Gasteiger partial charge on any atom is 0.416 e. The largest absolute Gasteiger partial charge is 0.478 e. The van der Waals surface area contributed by atoms with Crippen molar-refractivity contribution in [2.75, 3.05) is 4.72 Å². The quantitative estimate of drug-likeness (QED) is 0.853. The molecule has 2 rings (SSSR count). The number of hydrogen-bond donors (Lipinski definition) is 2. The van der Waals surface area contributed by atoms with Crippen molar-refractivity contribution in [3.8, 4) is 0 Å². The highest BCUT2D eigenvalue weighted by Crippen LogP contribution is 2.33. The number of aryl methyl sites for hydroxylation is 2. The number of benzene rings is 2. The van der Waals surface area contributed by atoms with E-state index in [9.17, 15) is 26.4 Å². The fraction of sp³-hybridized carbons (Fsp3) is 0.188. The van der Waals surface area contributed by atoms with Gasteiger partial charge in [0.25, 0.3) is 10.0 Å². The molecule has 0 radical (unpaired) electrons. The predicted molar refractivity (Wildman–Crippen MR) is 85.1 cm³/mol. The van der Waals surface area contributed by atoms with Gasteiger partial charge in [-0.05, 0) is 43.7 Å². The average Bonchev–Trinajstić information content (AvgIpc) is 2.44. The fourth-order valence-electron chi connectivity index (χ4n) is 2.28. The summed E-state index contributed by atoms with van der Waals surface area (Å²) in [6, 6.07) is 6.32. The summed E-state index contributed by atoms with van der Waals surface area (Å²) in [5.74, 6) is -1.60. The summed E-state index contributed by atoms with van der Waals surface area (Å²) >= 11 is 0. The number of carboxylic acid groups (broad SMARTS) is 1. The lowest BCUT2D eigenvalue weighted by Crippen LogP contribution is -2.16. The van der Waals surface area contributed by atoms with E-state index >= 15 is 0 Å². The Morgan fingerprint density at radius 1 is 1.08 bits per heavy atom. The summed E-state index contributed by atoms with van der Waals surface area (Å²) in [5, 5.41) is 8.94. The van der Waals surface area contributed by atoms with Crippen LogP contribution in [0.15, 0.2) is 41.3 Å². The number of carboxylic acids is 1. The van der Waals surface area contributed by atoms with Gasteiger partial charge in [0.2, 0.25) is 0 Å². The van der Waals surface area contributed by atoms with Gasteiger partial charge >= 0.3 is 12.1 Å². The molecule has 0 fully saturated rings. The number of aromatic carboxylic acids is 1. The van der Waals surface area contributed by atoms with Gasteiger partial charge in [-0.15, -0.1) is 0 Å². The highest BCUT2D eigenvalue weighted by atomic mass is 32.2. The molecule has 0 aliphatic rings. The van der Waals surface area contributed by atoms with Gasteiger partial charge in [-0.3, -0.25) is 4.72 Å². The molecule has 0 saturated heterocycles. The van der Waals surface area contributed by atoms with Crippen molar-refractivity contribution < 1.29 is 31.5 Å². The lowest BCUT2D eigenvalue weighted by Gasteiger charge is -2.14. The Labute approximate surface area is 142 Å². The van der Waals surface area contributed by atoms with Crippen LogP contribution in [0.5, 0.6) is 0 Å². The normalized spacial score (nSPS) is 12.0. The zero-order chi connectivity index (χ0) is 19.0. The molecule has 0 amide bonds. The third-order valence-corrected chi connectivity index (χ3v) is 4.92. The molecule has 0 saturated carbocycles. The Bertz CT molecular complexity index is 937. The van der Waals surface area contributed by atoms with Crippen LogP contribution in [0.2, 0.25) is 0 Å². The SMILES string of the molecule is Cc1ccc(S(=O)(=O)Nc2cc(C(=O)O)cc(C(F)(F)F)c2)c(C)c1. The topological polar surface area (TPSA) is 83.5 Å². The third-order valence-electron chi connectivity index (χ3n) is 3.38. The van der Waals surface area contributed by atoms with E-state index in [1.54, 1.807) is 26.0 Å². The molecule has 0 aromatic heterocycles. The monoisotopic (exact) mass is 373 g/mol. The van der Waals surface area contributed by atoms with Crippen LogP contribution in [-0.4, -0.2) is 19.5 Å². The molecule has 0 bridgehead atoms. The van der Waals surface area contributed by atoms with Crippen LogP contribution in [0.25, 0.3) is 0 Å². The molecule has 0 atom stereocenters. The molecular weight excluding hydrogens is 359 g/mol. The van der Waals surface area contributed by atoms with Crippen LogP contribution in [-0.2, 0) is 16.2 Å². The van der Waals surface area contributed by atoms with Gasteiger partial charge in [0.1, 0.15) is 0 Å². The minimum absolute atomic E-state index is 0.104. The van der Waals surface area contributed by atoms with E-state index in [-0.39, 0.29) is 4.90 Å². The van der Waals surface area contributed by atoms with E-state index < -0.39 is 39.0 Å². The minimum Gasteiger partial charge on any atom is -0.478 e. The van der Waals surface area contributed by atoms with Gasteiger partial charge < -0.3 is 5.11 Å². The maximum atomic E-state index is 12.9. The number of nitrogens with one attached hydrogen (secondary N) is 1. The Hall–Kier alpha value is -2.55. The molecule has 25 heavy (non-hydrogen) atoms. The van der Waals surface area contributed by atoms with Crippen molar-refractivity contribution in [3.05, 3.63) is 58.7 Å². The van der Waals surface area contributed by atoms with E-state index in [1.807, 2.05) is 4.72 Å². The van der Waals surface area contributed by atoms with Crippen molar-refractivity contribution in [1.29, 1.82) is 0 Å². The van der Waals surface area contributed by atoms with E-state index in [0.29, 0.717) is 17.7 Å². The van der Waals surface area contributed by atoms with Gasteiger partial charge in [0.15, 0.2) is 0 Å². The van der Waals surface area contributed by atoms with E-state index in [2.05, 4.69) is 0 Å². The molecule has 2 aromatic rings. The standard InChI is InChI=1S/C16H14F3NO4S/c1-9-3-4-14(10(2)5-9)25(23,24)20-13-7-11(15(21)22)6-12(8-13)16(17,18)19/h3-8,20H,1-2H3,(H,21,22). The Balaban J connectivity index is 2.51. The number of alkyl halides is 3. The van der Waals surface area contributed by atoms with Gasteiger partial charge in [0.05, 0.1) is 21.7 Å². The van der Waals surface area contributed by atoms with Gasteiger partial charge in [0, 0.05) is 0 Å². The Kier molecular flexibility index (Phi) is 4.81. The zero-order valence-electron chi connectivity index (χ0n) is 13.2. The summed E-state index contributed by atoms with van der Waals surface area (Å²) < 4.78 is 65.6. The van der Waals surface area contributed by atoms with Crippen molar-refractivity contribution >= 4 is 21.7 Å². The average molecular weight is 373 g/mol. The number of anilines is 1. The molecule has 9 heteroatoms. The van der Waals surface area contributed by atoms with Gasteiger partial charge in [-0.1, -0.05) is 17.7 Å². The molecule has 0 unspecified atom stereocenters. The van der Waals surface area contributed by atoms with Gasteiger partial charge in [-0.25, -0.2) is 13.2 Å². The molecule has 0 heterocycles. The van der Waals surface area contributed by atoms with Crippen LogP contribution >= 0.6 is 0 Å². The summed E-state index contributed by atoms with van der Waals surface area (Å²) in [4.78, 5) is 10.9. The first kappa shape index (κ1) is 18.8. The lowest BCUT2D eigenvalue weighted by atomic mass is 10.1. The van der Waals surface area contributed by atoms with Crippen LogP contribution in [0.3, 0.4) is 0 Å². The second-order valence-corrected chi connectivity index (χ2v) is 7.13. The second kappa shape index (κ2) is 6.40. The van der Waals surface area contributed by atoms with Crippen LogP contribution in [0.1, 0.15) is 27.0 Å². The molecule has 0 aliphatic heterocycles. The highest BCUT2D eigenvalue weighted by Gasteiger charge is 2.32. The fourth-order valence-corrected chi connectivity index (χ4v) is 3.55. The molecular formula is C16H14F3NO4S. The predicted octanol–water partition coefficient (Wildman–Crippen LogP) is 3.82. The first-order valence-corrected chi connectivity index (χ1v) is 8.44. The molecule has 2 aromatic carbocycles. The van der Waals surface area contributed by atoms with E-state index in [4.69, 9.17) is 5.11 Å². The van der Waals surface area contributed by atoms with Crippen molar-refractivity contribution in [1.82, 2.24) is 0 Å². The third kappa shape index (κ3) is 4.30. The highest BCUT2D eigenvalue weighted by molar-refractivity contribution is 7.92. The minimum atomic E-state index is -4.81. The number of halogens is 3. The summed E-state index contributed by atoms with van der Waals surface area (Å²) in [7, 11) is -4.18. The first-order valence-electron chi connectivity index (χ1n) is 6.96. The zero-order valence-corrected chi connectivity index (χ0v) is 14.0. The molecule has 0 aliphatic carbocycles. The van der Waals surface area contributed by atoms with E-state index in [1.165, 1.54) is 6.07 Å². The number of rotatable bonds is 4. The summed E-state index contributed by atoms with van der Waals surface area (Å²) in [6.45, 7) is 3.32. The van der Waals surface area contributed by atoms with Crippen molar-refractivity contribution in [3.63, 3.8) is 0 Å². The summed E-state index contributed by atoms with van der Waals surface area (Å²) in [5.41, 5.74) is -1.17. The number of sulfonamides is 1. The second-order valence-electron chi connectivity index (χ2n) is 5.48. The van der Waals surface area contributed by atoms with Crippen molar-refractivity contribution in [2.24, 2.45) is 0 Å². The Morgan fingerprint density at radius 2 is 1.72 bits per heavy atom. The van der Waals surface area contributed by atoms with Crippen LogP contribution < -0.4 is 4.72 Å². The van der Waals surface area contributed by atoms with Crippen LogP contribution in [0, 0.1) is 13.8 Å². The number of carbonyl (C=O) groups is 1. The maximum absolute atomic E-state index is 12.9. The summed E-state index contributed by atoms with van der Waals surface area (Å²) in [6.07, 6.45) is -4.81. The molecule has 0 spiro atoms. The van der Waals surface area contributed by atoms with Crippen LogP contribution in [0.4, 0.5) is 18.9 Å². The molecule has 134 valence electrons. The molecule has 2 N–H and O–H groups in total. The Morgan fingerprint density at radius 3 is 2.24 bits per heavy atom.